The van der Waals surface area contributed by atoms with E-state index in [9.17, 15) is 0 Å². The summed E-state index contributed by atoms with van der Waals surface area (Å²) in [4.78, 5) is 0. The van der Waals surface area contributed by atoms with Crippen LogP contribution in [0.3, 0.4) is 0 Å². The Labute approximate surface area is 111 Å². The Hall–Kier alpha value is -1.50. The van der Waals surface area contributed by atoms with Crippen LogP contribution in [0.15, 0.2) is 41.5 Å². The van der Waals surface area contributed by atoms with Gasteiger partial charge in [-0.05, 0) is 70.9 Å². The van der Waals surface area contributed by atoms with Gasteiger partial charge in [0, 0.05) is 0 Å². The van der Waals surface area contributed by atoms with Gasteiger partial charge in [0.05, 0.1) is 0 Å². The lowest BCUT2D eigenvalue weighted by molar-refractivity contribution is 0.269. The summed E-state index contributed by atoms with van der Waals surface area (Å²) in [6, 6.07) is 6.22. The second-order valence-corrected chi connectivity index (χ2v) is 5.11. The van der Waals surface area contributed by atoms with E-state index in [1.165, 1.54) is 22.3 Å². The van der Waals surface area contributed by atoms with Gasteiger partial charge in [0.2, 0.25) is 0 Å². The molecule has 0 saturated heterocycles. The third-order valence-corrected chi connectivity index (χ3v) is 3.21. The molecule has 0 bridgehead atoms. The normalized spacial score (nSPS) is 12.6. The van der Waals surface area contributed by atoms with Gasteiger partial charge in [-0.1, -0.05) is 23.3 Å². The molecular weight excluding hydrogens is 220 g/mol. The lowest BCUT2D eigenvalue weighted by atomic mass is 10.1. The second-order valence-electron chi connectivity index (χ2n) is 5.11. The van der Waals surface area contributed by atoms with Crippen molar-refractivity contribution < 1.29 is 4.74 Å². The Morgan fingerprint density at radius 2 is 1.78 bits per heavy atom. The first-order valence-corrected chi connectivity index (χ1v) is 6.46. The van der Waals surface area contributed by atoms with Crippen LogP contribution >= 0.6 is 0 Å². The molecule has 0 aliphatic carbocycles. The third kappa shape index (κ3) is 4.40. The van der Waals surface area contributed by atoms with Gasteiger partial charge in [0.1, 0.15) is 11.9 Å². The highest BCUT2D eigenvalue weighted by Gasteiger charge is 2.01. The van der Waals surface area contributed by atoms with Crippen LogP contribution in [0.4, 0.5) is 0 Å². The van der Waals surface area contributed by atoms with E-state index in [1.54, 1.807) is 0 Å². The first kappa shape index (κ1) is 14.6. The molecule has 0 aliphatic heterocycles. The first-order valence-electron chi connectivity index (χ1n) is 6.46. The summed E-state index contributed by atoms with van der Waals surface area (Å²) >= 11 is 0. The molecule has 1 unspecified atom stereocenters. The lowest BCUT2D eigenvalue weighted by Gasteiger charge is -2.12. The maximum absolute atomic E-state index is 5.87. The molecule has 0 aliphatic rings. The van der Waals surface area contributed by atoms with E-state index in [0.29, 0.717) is 0 Å². The average molecular weight is 244 g/mol. The fourth-order valence-corrected chi connectivity index (χ4v) is 1.49. The summed E-state index contributed by atoms with van der Waals surface area (Å²) in [6.45, 7) is 12.6. The molecule has 0 saturated carbocycles. The van der Waals surface area contributed by atoms with Crippen LogP contribution in [0.2, 0.25) is 0 Å². The Balaban J connectivity index is 2.68. The van der Waals surface area contributed by atoms with Crippen LogP contribution in [0, 0.1) is 13.8 Å². The van der Waals surface area contributed by atoms with E-state index in [2.05, 4.69) is 65.8 Å². The largest absolute Gasteiger partial charge is 0.487 e. The quantitative estimate of drug-likeness (QED) is 0.678. The van der Waals surface area contributed by atoms with Gasteiger partial charge in [0.25, 0.3) is 0 Å². The van der Waals surface area contributed by atoms with Crippen LogP contribution in [0.25, 0.3) is 0 Å². The molecule has 0 heterocycles. The number of ether oxygens (including phenoxy) is 1. The average Bonchev–Trinajstić information content (AvgIpc) is 2.30. The zero-order valence-corrected chi connectivity index (χ0v) is 12.4. The van der Waals surface area contributed by atoms with Gasteiger partial charge >= 0.3 is 0 Å². The molecule has 0 amide bonds. The van der Waals surface area contributed by atoms with Crippen LogP contribution in [0.1, 0.15) is 38.8 Å². The number of hydrogen-bond acceptors (Lipinski definition) is 1. The molecule has 0 N–H and O–H groups in total. The van der Waals surface area contributed by atoms with Crippen molar-refractivity contribution >= 4 is 0 Å². The smallest absolute Gasteiger partial charge is 0.120 e. The van der Waals surface area contributed by atoms with Crippen molar-refractivity contribution in [2.75, 3.05) is 0 Å². The molecule has 0 fully saturated rings. The summed E-state index contributed by atoms with van der Waals surface area (Å²) in [5, 5.41) is 0. The first-order chi connectivity index (χ1) is 8.40. The van der Waals surface area contributed by atoms with E-state index < -0.39 is 0 Å². The highest BCUT2D eigenvalue weighted by atomic mass is 16.5. The van der Waals surface area contributed by atoms with Gasteiger partial charge in [-0.25, -0.2) is 0 Å². The summed E-state index contributed by atoms with van der Waals surface area (Å²) in [7, 11) is 0. The van der Waals surface area contributed by atoms with Crippen molar-refractivity contribution in [1.29, 1.82) is 0 Å². The molecule has 1 aromatic rings. The SMILES string of the molecule is CC(C)=C(C)/C=C\C(C)Oc1ccc(C)c(C)c1. The number of allylic oxidation sites excluding steroid dienone is 3. The highest BCUT2D eigenvalue weighted by molar-refractivity contribution is 5.34. The third-order valence-electron chi connectivity index (χ3n) is 3.21. The van der Waals surface area contributed by atoms with Gasteiger partial charge in [-0.2, -0.15) is 0 Å². The Bertz CT molecular complexity index is 462. The van der Waals surface area contributed by atoms with Crippen molar-refractivity contribution in [3.63, 3.8) is 0 Å². The maximum atomic E-state index is 5.87. The number of aryl methyl sites for hydroxylation is 2. The van der Waals surface area contributed by atoms with E-state index in [0.717, 1.165) is 5.75 Å². The Kier molecular flexibility index (Phi) is 5.21. The fourth-order valence-electron chi connectivity index (χ4n) is 1.49. The Morgan fingerprint density at radius 3 is 2.33 bits per heavy atom. The second kappa shape index (κ2) is 6.44. The highest BCUT2D eigenvalue weighted by Crippen LogP contribution is 2.18. The molecule has 18 heavy (non-hydrogen) atoms. The lowest BCUT2D eigenvalue weighted by Crippen LogP contribution is -2.08. The molecular formula is C17H24O. The van der Waals surface area contributed by atoms with E-state index >= 15 is 0 Å². The van der Waals surface area contributed by atoms with Gasteiger partial charge in [0.15, 0.2) is 0 Å². The summed E-state index contributed by atoms with van der Waals surface area (Å²) in [6.07, 6.45) is 4.31. The minimum Gasteiger partial charge on any atom is -0.487 e. The topological polar surface area (TPSA) is 9.23 Å². The van der Waals surface area contributed by atoms with Crippen molar-refractivity contribution in [1.82, 2.24) is 0 Å². The molecule has 1 heteroatoms. The van der Waals surface area contributed by atoms with Crippen molar-refractivity contribution in [3.05, 3.63) is 52.6 Å². The van der Waals surface area contributed by atoms with Crippen LogP contribution in [-0.2, 0) is 0 Å². The van der Waals surface area contributed by atoms with E-state index in [1.807, 2.05) is 6.07 Å². The van der Waals surface area contributed by atoms with Gasteiger partial charge in [-0.15, -0.1) is 0 Å². The number of benzene rings is 1. The summed E-state index contributed by atoms with van der Waals surface area (Å²) in [5.41, 5.74) is 5.20. The standard InChI is InChI=1S/C17H24O/c1-12(2)13(3)7-9-16(6)18-17-10-8-14(4)15(5)11-17/h7-11,16H,1-6H3/b9-7-. The molecule has 1 rings (SSSR count). The summed E-state index contributed by atoms with van der Waals surface area (Å²) < 4.78 is 5.87. The number of hydrogen-bond donors (Lipinski definition) is 0. The molecule has 0 aromatic heterocycles. The van der Waals surface area contributed by atoms with Gasteiger partial charge < -0.3 is 4.74 Å². The predicted molar refractivity (Wildman–Crippen MR) is 79.2 cm³/mol. The van der Waals surface area contributed by atoms with Crippen molar-refractivity contribution in [3.8, 4) is 5.75 Å². The minimum atomic E-state index is 0.0846. The molecule has 0 spiro atoms. The minimum absolute atomic E-state index is 0.0846. The van der Waals surface area contributed by atoms with E-state index in [-0.39, 0.29) is 6.10 Å². The molecule has 98 valence electrons. The van der Waals surface area contributed by atoms with Gasteiger partial charge in [-0.3, -0.25) is 0 Å². The molecule has 0 radical (unpaired) electrons. The molecule has 1 atom stereocenters. The van der Waals surface area contributed by atoms with Crippen LogP contribution in [-0.4, -0.2) is 6.10 Å². The summed E-state index contributed by atoms with van der Waals surface area (Å²) in [5.74, 6) is 0.935. The van der Waals surface area contributed by atoms with Crippen molar-refractivity contribution in [2.45, 2.75) is 47.6 Å². The van der Waals surface area contributed by atoms with Crippen LogP contribution < -0.4 is 4.74 Å². The number of rotatable bonds is 4. The fraction of sp³-hybridized carbons (Fsp3) is 0.412. The maximum Gasteiger partial charge on any atom is 0.120 e. The monoisotopic (exact) mass is 244 g/mol. The zero-order chi connectivity index (χ0) is 13.7. The Morgan fingerprint density at radius 1 is 1.11 bits per heavy atom. The van der Waals surface area contributed by atoms with Crippen LogP contribution in [0.5, 0.6) is 5.75 Å². The van der Waals surface area contributed by atoms with Crippen molar-refractivity contribution in [2.24, 2.45) is 0 Å². The van der Waals surface area contributed by atoms with E-state index in [4.69, 9.17) is 4.74 Å². The molecule has 1 aromatic carbocycles. The predicted octanol–water partition coefficient (Wildman–Crippen LogP) is 4.98. The molecule has 1 nitrogen and oxygen atoms in total. The zero-order valence-electron chi connectivity index (χ0n) is 12.4.